The van der Waals surface area contributed by atoms with E-state index >= 15 is 0 Å². The van der Waals surface area contributed by atoms with Crippen LogP contribution in [0.2, 0.25) is 0 Å². The van der Waals surface area contributed by atoms with Gasteiger partial charge in [0.1, 0.15) is 5.75 Å². The molecule has 1 aromatic rings. The van der Waals surface area contributed by atoms with E-state index in [1.54, 1.807) is 0 Å². The van der Waals surface area contributed by atoms with Gasteiger partial charge in [0.2, 0.25) is 0 Å². The minimum Gasteiger partial charge on any atom is -0.507 e. The van der Waals surface area contributed by atoms with Crippen LogP contribution in [0, 0.1) is 6.92 Å². The van der Waals surface area contributed by atoms with E-state index < -0.39 is 0 Å². The molecule has 0 saturated carbocycles. The van der Waals surface area contributed by atoms with Gasteiger partial charge in [0, 0.05) is 16.1 Å². The van der Waals surface area contributed by atoms with Gasteiger partial charge in [0.25, 0.3) is 0 Å². The van der Waals surface area contributed by atoms with Gasteiger partial charge in [-0.05, 0) is 31.9 Å². The molecule has 1 rings (SSSR count). The summed E-state index contributed by atoms with van der Waals surface area (Å²) in [6.45, 7) is 7.62. The first-order valence-corrected chi connectivity index (χ1v) is 5.60. The smallest absolute Gasteiger partial charge is 0.124 e. The monoisotopic (exact) mass is 305 g/mol. The van der Waals surface area contributed by atoms with Gasteiger partial charge in [0.15, 0.2) is 0 Å². The lowest BCUT2D eigenvalue weighted by molar-refractivity contribution is 0.456. The Bertz CT molecular complexity index is 393. The lowest BCUT2D eigenvalue weighted by atomic mass is 9.98. The summed E-state index contributed by atoms with van der Waals surface area (Å²) in [5, 5.41) is 9.92. The lowest BCUT2D eigenvalue weighted by Crippen LogP contribution is -2.11. The summed E-state index contributed by atoms with van der Waals surface area (Å²) in [7, 11) is 0. The molecule has 0 amide bonds. The van der Waals surface area contributed by atoms with Crippen molar-refractivity contribution in [1.82, 2.24) is 0 Å². The third-order valence-electron chi connectivity index (χ3n) is 2.30. The molecule has 16 heavy (non-hydrogen) atoms. The van der Waals surface area contributed by atoms with Crippen molar-refractivity contribution in [2.75, 3.05) is 0 Å². The molecular weight excluding hydrogens is 289 g/mol. The van der Waals surface area contributed by atoms with Gasteiger partial charge in [-0.3, -0.25) is 0 Å². The van der Waals surface area contributed by atoms with Crippen molar-refractivity contribution in [2.24, 2.45) is 5.73 Å². The second-order valence-corrected chi connectivity index (χ2v) is 4.75. The molecule has 2 nitrogen and oxygen atoms in total. The van der Waals surface area contributed by atoms with Gasteiger partial charge in [-0.2, -0.15) is 0 Å². The number of phenolic OH excluding ortho intramolecular Hbond substituents is 1. The Morgan fingerprint density at radius 2 is 2.12 bits per heavy atom. The number of nitrogens with two attached hydrogens (primary N) is 1. The van der Waals surface area contributed by atoms with E-state index in [-0.39, 0.29) is 24.2 Å². The van der Waals surface area contributed by atoms with Crippen LogP contribution in [-0.4, -0.2) is 5.11 Å². The van der Waals surface area contributed by atoms with E-state index in [4.69, 9.17) is 5.73 Å². The van der Waals surface area contributed by atoms with Crippen molar-refractivity contribution in [2.45, 2.75) is 26.3 Å². The number of hydrogen-bond acceptors (Lipinski definition) is 2. The molecule has 0 aliphatic rings. The molecule has 0 radical (unpaired) electrons. The Kier molecular flexibility index (Phi) is 6.08. The maximum Gasteiger partial charge on any atom is 0.124 e. The van der Waals surface area contributed by atoms with Crippen LogP contribution in [0.4, 0.5) is 0 Å². The minimum absolute atomic E-state index is 0. The standard InChI is InChI=1S/C12H16BrNO.ClH/c1-7(2)6-10(14)11-9(13)5-4-8(3)12(11)15;/h4-5,10,15H,1,6,14H2,2-3H3;1H/t10-;/m0./s1. The molecule has 0 saturated heterocycles. The van der Waals surface area contributed by atoms with Crippen LogP contribution >= 0.6 is 28.3 Å². The first-order valence-electron chi connectivity index (χ1n) is 4.81. The fraction of sp³-hybridized carbons (Fsp3) is 0.333. The van der Waals surface area contributed by atoms with E-state index in [0.29, 0.717) is 6.42 Å². The van der Waals surface area contributed by atoms with E-state index in [1.807, 2.05) is 26.0 Å². The molecule has 0 fully saturated rings. The van der Waals surface area contributed by atoms with E-state index in [0.717, 1.165) is 21.2 Å². The van der Waals surface area contributed by atoms with Gasteiger partial charge in [-0.25, -0.2) is 0 Å². The summed E-state index contributed by atoms with van der Waals surface area (Å²) >= 11 is 3.40. The zero-order valence-corrected chi connectivity index (χ0v) is 11.9. The van der Waals surface area contributed by atoms with Crippen molar-refractivity contribution in [3.63, 3.8) is 0 Å². The molecule has 4 heteroatoms. The van der Waals surface area contributed by atoms with Crippen molar-refractivity contribution >= 4 is 28.3 Å². The molecular formula is C12H17BrClNO. The maximum atomic E-state index is 9.92. The van der Waals surface area contributed by atoms with Crippen LogP contribution in [-0.2, 0) is 0 Å². The quantitative estimate of drug-likeness (QED) is 0.833. The summed E-state index contributed by atoms with van der Waals surface area (Å²) in [6.07, 6.45) is 0.676. The summed E-state index contributed by atoms with van der Waals surface area (Å²) in [4.78, 5) is 0. The molecule has 0 aliphatic heterocycles. The van der Waals surface area contributed by atoms with Crippen molar-refractivity contribution in [3.05, 3.63) is 39.9 Å². The third kappa shape index (κ3) is 3.51. The number of benzene rings is 1. The summed E-state index contributed by atoms with van der Waals surface area (Å²) in [6, 6.07) is 3.55. The van der Waals surface area contributed by atoms with E-state index in [1.165, 1.54) is 0 Å². The predicted octanol–water partition coefficient (Wildman–Crippen LogP) is 3.85. The summed E-state index contributed by atoms with van der Waals surface area (Å²) in [5.41, 5.74) is 8.63. The molecule has 0 spiro atoms. The Hall–Kier alpha value is -0.510. The minimum atomic E-state index is -0.211. The van der Waals surface area contributed by atoms with Gasteiger partial charge >= 0.3 is 0 Å². The van der Waals surface area contributed by atoms with Gasteiger partial charge < -0.3 is 10.8 Å². The average Bonchev–Trinajstić information content (AvgIpc) is 2.11. The van der Waals surface area contributed by atoms with Gasteiger partial charge in [-0.1, -0.05) is 27.6 Å². The highest BCUT2D eigenvalue weighted by molar-refractivity contribution is 9.10. The molecule has 1 atom stereocenters. The number of phenols is 1. The van der Waals surface area contributed by atoms with Gasteiger partial charge in [-0.15, -0.1) is 19.0 Å². The van der Waals surface area contributed by atoms with E-state index in [2.05, 4.69) is 22.5 Å². The Morgan fingerprint density at radius 3 is 2.62 bits per heavy atom. The zero-order chi connectivity index (χ0) is 11.6. The van der Waals surface area contributed by atoms with Gasteiger partial charge in [0.05, 0.1) is 0 Å². The lowest BCUT2D eigenvalue weighted by Gasteiger charge is -2.16. The summed E-state index contributed by atoms with van der Waals surface area (Å²) in [5.74, 6) is 0.276. The fourth-order valence-electron chi connectivity index (χ4n) is 1.52. The first kappa shape index (κ1) is 15.5. The van der Waals surface area contributed by atoms with Crippen molar-refractivity contribution in [3.8, 4) is 5.75 Å². The number of aromatic hydroxyl groups is 1. The average molecular weight is 307 g/mol. The number of hydrogen-bond donors (Lipinski definition) is 2. The number of halogens is 2. The predicted molar refractivity (Wildman–Crippen MR) is 74.2 cm³/mol. The highest BCUT2D eigenvalue weighted by Crippen LogP contribution is 2.35. The SMILES string of the molecule is C=C(C)C[C@H](N)c1c(Br)ccc(C)c1O.Cl. The second kappa shape index (κ2) is 6.28. The molecule has 0 aromatic heterocycles. The molecule has 0 bridgehead atoms. The van der Waals surface area contributed by atoms with Crippen LogP contribution in [0.3, 0.4) is 0 Å². The fourth-order valence-corrected chi connectivity index (χ4v) is 2.14. The molecule has 0 aliphatic carbocycles. The molecule has 0 heterocycles. The molecule has 0 unspecified atom stereocenters. The van der Waals surface area contributed by atoms with Crippen molar-refractivity contribution < 1.29 is 5.11 Å². The normalized spacial score (nSPS) is 11.8. The van der Waals surface area contributed by atoms with Crippen molar-refractivity contribution in [1.29, 1.82) is 0 Å². The van der Waals surface area contributed by atoms with Crippen LogP contribution in [0.5, 0.6) is 5.75 Å². The van der Waals surface area contributed by atoms with Crippen LogP contribution in [0.25, 0.3) is 0 Å². The zero-order valence-electron chi connectivity index (χ0n) is 9.46. The molecule has 3 N–H and O–H groups in total. The van der Waals surface area contributed by atoms with E-state index in [9.17, 15) is 5.11 Å². The summed E-state index contributed by atoms with van der Waals surface area (Å²) < 4.78 is 0.847. The largest absolute Gasteiger partial charge is 0.507 e. The molecule has 90 valence electrons. The van der Waals surface area contributed by atoms with Crippen LogP contribution in [0.1, 0.15) is 30.5 Å². The number of rotatable bonds is 3. The highest BCUT2D eigenvalue weighted by Gasteiger charge is 2.16. The molecule has 1 aromatic carbocycles. The maximum absolute atomic E-state index is 9.92. The van der Waals surface area contributed by atoms with Crippen LogP contribution < -0.4 is 5.73 Å². The highest BCUT2D eigenvalue weighted by atomic mass is 79.9. The Balaban J connectivity index is 0.00000225. The second-order valence-electron chi connectivity index (χ2n) is 3.89. The Morgan fingerprint density at radius 1 is 1.56 bits per heavy atom. The Labute approximate surface area is 111 Å². The topological polar surface area (TPSA) is 46.2 Å². The van der Waals surface area contributed by atoms with Crippen LogP contribution in [0.15, 0.2) is 28.8 Å². The first-order chi connectivity index (χ1) is 6.93. The number of aryl methyl sites for hydroxylation is 1. The third-order valence-corrected chi connectivity index (χ3v) is 3.00.